The average molecular weight is 473 g/mol. The first-order chi connectivity index (χ1) is 13.0. The molecule has 0 saturated heterocycles. The lowest BCUT2D eigenvalue weighted by Crippen LogP contribution is -2.01. The van der Waals surface area contributed by atoms with Gasteiger partial charge in [-0.15, -0.1) is 0 Å². The Labute approximate surface area is 168 Å². The molecule has 8 heteroatoms. The molecule has 0 aliphatic rings. The van der Waals surface area contributed by atoms with E-state index in [0.717, 1.165) is 28.1 Å². The van der Waals surface area contributed by atoms with E-state index in [1.54, 1.807) is 12.5 Å². The number of hydrogen-bond donors (Lipinski definition) is 1. The van der Waals surface area contributed by atoms with Crippen LogP contribution in [0.2, 0.25) is 0 Å². The quantitative estimate of drug-likeness (QED) is 0.451. The van der Waals surface area contributed by atoms with Crippen molar-refractivity contribution in [3.05, 3.63) is 64.0 Å². The van der Waals surface area contributed by atoms with Crippen LogP contribution in [0.3, 0.4) is 0 Å². The SMILES string of the molecule is Cn1c(-c2ccc(Cn3cnc(CC(=O)O)c3)nc2)nc2ccc(I)cc21. The maximum Gasteiger partial charge on any atom is 0.309 e. The van der Waals surface area contributed by atoms with Crippen molar-refractivity contribution in [1.82, 2.24) is 24.1 Å². The van der Waals surface area contributed by atoms with Gasteiger partial charge in [-0.05, 0) is 52.9 Å². The minimum atomic E-state index is -0.889. The smallest absolute Gasteiger partial charge is 0.309 e. The average Bonchev–Trinajstić information content (AvgIpc) is 3.20. The van der Waals surface area contributed by atoms with Crippen molar-refractivity contribution in [1.29, 1.82) is 0 Å². The molecule has 0 radical (unpaired) electrons. The van der Waals surface area contributed by atoms with Crippen molar-refractivity contribution in [3.8, 4) is 11.4 Å². The van der Waals surface area contributed by atoms with Crippen LogP contribution in [0, 0.1) is 3.57 Å². The molecule has 4 rings (SSSR count). The lowest BCUT2D eigenvalue weighted by atomic mass is 10.2. The number of benzene rings is 1. The minimum absolute atomic E-state index is 0.0784. The molecule has 0 amide bonds. The number of pyridine rings is 1. The second-order valence-electron chi connectivity index (χ2n) is 6.27. The number of halogens is 1. The molecule has 0 aliphatic heterocycles. The van der Waals surface area contributed by atoms with Gasteiger partial charge >= 0.3 is 5.97 Å². The topological polar surface area (TPSA) is 85.8 Å². The summed E-state index contributed by atoms with van der Waals surface area (Å²) in [6, 6.07) is 10.1. The first-order valence-corrected chi connectivity index (χ1v) is 9.37. The summed E-state index contributed by atoms with van der Waals surface area (Å²) in [7, 11) is 2.00. The normalized spacial score (nSPS) is 11.2. The van der Waals surface area contributed by atoms with Crippen LogP contribution in [0.15, 0.2) is 49.1 Å². The molecule has 27 heavy (non-hydrogen) atoms. The Bertz CT molecular complexity index is 1130. The number of carboxylic acid groups (broad SMARTS) is 1. The van der Waals surface area contributed by atoms with Gasteiger partial charge in [-0.1, -0.05) is 0 Å². The monoisotopic (exact) mass is 473 g/mol. The number of hydrogen-bond acceptors (Lipinski definition) is 4. The number of imidazole rings is 2. The van der Waals surface area contributed by atoms with Gasteiger partial charge in [0.05, 0.1) is 41.7 Å². The van der Waals surface area contributed by atoms with E-state index in [0.29, 0.717) is 12.2 Å². The predicted molar refractivity (Wildman–Crippen MR) is 109 cm³/mol. The Kier molecular flexibility index (Phi) is 4.65. The molecule has 0 atom stereocenters. The van der Waals surface area contributed by atoms with Gasteiger partial charge in [-0.2, -0.15) is 0 Å². The molecule has 0 saturated carbocycles. The number of aryl methyl sites for hydroxylation is 1. The van der Waals surface area contributed by atoms with Crippen molar-refractivity contribution >= 4 is 39.6 Å². The van der Waals surface area contributed by atoms with Gasteiger partial charge in [0.2, 0.25) is 0 Å². The van der Waals surface area contributed by atoms with Crippen LogP contribution in [0.4, 0.5) is 0 Å². The van der Waals surface area contributed by atoms with Crippen LogP contribution in [0.25, 0.3) is 22.4 Å². The lowest BCUT2D eigenvalue weighted by molar-refractivity contribution is -0.136. The first kappa shape index (κ1) is 17.7. The molecule has 0 aliphatic carbocycles. The van der Waals surface area contributed by atoms with E-state index >= 15 is 0 Å². The number of fused-ring (bicyclic) bond motifs is 1. The van der Waals surface area contributed by atoms with E-state index < -0.39 is 5.97 Å². The number of nitrogens with zero attached hydrogens (tertiary/aromatic N) is 5. The third-order valence-electron chi connectivity index (χ3n) is 4.29. The van der Waals surface area contributed by atoms with Crippen molar-refractivity contribution in [2.75, 3.05) is 0 Å². The standard InChI is InChI=1S/C19H16IN5O2/c1-24-17-6-13(20)3-5-16(17)23-19(24)12-2-4-14(21-8-12)9-25-10-15(22-11-25)7-18(26)27/h2-6,8,10-11H,7,9H2,1H3,(H,26,27). The van der Waals surface area contributed by atoms with Crippen LogP contribution in [0.5, 0.6) is 0 Å². The molecule has 4 aromatic rings. The van der Waals surface area contributed by atoms with E-state index in [1.165, 1.54) is 3.57 Å². The van der Waals surface area contributed by atoms with Crippen molar-refractivity contribution < 1.29 is 9.90 Å². The van der Waals surface area contributed by atoms with Crippen LogP contribution < -0.4 is 0 Å². The molecule has 136 valence electrons. The summed E-state index contributed by atoms with van der Waals surface area (Å²) in [6.07, 6.45) is 5.10. The number of carboxylic acids is 1. The van der Waals surface area contributed by atoms with Crippen LogP contribution in [-0.2, 0) is 24.8 Å². The Balaban J connectivity index is 1.56. The maximum atomic E-state index is 10.7. The second kappa shape index (κ2) is 7.10. The summed E-state index contributed by atoms with van der Waals surface area (Å²) >= 11 is 2.30. The molecular weight excluding hydrogens is 457 g/mol. The highest BCUT2D eigenvalue weighted by Crippen LogP contribution is 2.24. The molecule has 0 fully saturated rings. The zero-order valence-electron chi connectivity index (χ0n) is 14.5. The number of carbonyl (C=O) groups is 1. The van der Waals surface area contributed by atoms with Crippen molar-refractivity contribution in [2.24, 2.45) is 7.05 Å². The van der Waals surface area contributed by atoms with Crippen LogP contribution in [0.1, 0.15) is 11.4 Å². The van der Waals surface area contributed by atoms with Gasteiger partial charge < -0.3 is 14.2 Å². The van der Waals surface area contributed by atoms with E-state index in [1.807, 2.05) is 42.1 Å². The number of rotatable bonds is 5. The third kappa shape index (κ3) is 3.70. The largest absolute Gasteiger partial charge is 0.481 e. The molecule has 0 unspecified atom stereocenters. The highest BCUT2D eigenvalue weighted by molar-refractivity contribution is 14.1. The van der Waals surface area contributed by atoms with Crippen LogP contribution in [-0.4, -0.2) is 35.2 Å². The molecular formula is C19H16IN5O2. The maximum absolute atomic E-state index is 10.7. The zero-order valence-corrected chi connectivity index (χ0v) is 16.7. The Hall–Kier alpha value is -2.75. The highest BCUT2D eigenvalue weighted by atomic mass is 127. The van der Waals surface area contributed by atoms with E-state index in [9.17, 15) is 4.79 Å². The number of aromatic nitrogens is 5. The van der Waals surface area contributed by atoms with Gasteiger partial charge in [0.25, 0.3) is 0 Å². The number of aliphatic carboxylic acids is 1. The lowest BCUT2D eigenvalue weighted by Gasteiger charge is -2.05. The molecule has 0 spiro atoms. The molecule has 1 aromatic carbocycles. The van der Waals surface area contributed by atoms with Gasteiger partial charge in [0, 0.05) is 28.6 Å². The summed E-state index contributed by atoms with van der Waals surface area (Å²) in [5.41, 5.74) is 4.40. The molecule has 3 heterocycles. The molecule has 1 N–H and O–H groups in total. The summed E-state index contributed by atoms with van der Waals surface area (Å²) in [4.78, 5) is 24.1. The molecule has 0 bridgehead atoms. The Morgan fingerprint density at radius 3 is 2.78 bits per heavy atom. The summed E-state index contributed by atoms with van der Waals surface area (Å²) in [5.74, 6) is -0.0164. The molecule has 7 nitrogen and oxygen atoms in total. The third-order valence-corrected chi connectivity index (χ3v) is 4.96. The first-order valence-electron chi connectivity index (χ1n) is 8.29. The summed E-state index contributed by atoms with van der Waals surface area (Å²) in [6.45, 7) is 0.535. The van der Waals surface area contributed by atoms with Gasteiger partial charge in [-0.3, -0.25) is 9.78 Å². The Morgan fingerprint density at radius 1 is 1.19 bits per heavy atom. The second-order valence-corrected chi connectivity index (χ2v) is 7.52. The highest BCUT2D eigenvalue weighted by Gasteiger charge is 2.11. The minimum Gasteiger partial charge on any atom is -0.481 e. The van der Waals surface area contributed by atoms with E-state index in [2.05, 4.69) is 43.2 Å². The fourth-order valence-corrected chi connectivity index (χ4v) is 3.47. The fraction of sp³-hybridized carbons (Fsp3) is 0.158. The zero-order chi connectivity index (χ0) is 19.0. The fourth-order valence-electron chi connectivity index (χ4n) is 3.00. The van der Waals surface area contributed by atoms with Gasteiger partial charge in [0.1, 0.15) is 5.82 Å². The van der Waals surface area contributed by atoms with Gasteiger partial charge in [0.15, 0.2) is 0 Å². The summed E-state index contributed by atoms with van der Waals surface area (Å²) in [5, 5.41) is 8.82. The van der Waals surface area contributed by atoms with Crippen LogP contribution >= 0.6 is 22.6 Å². The van der Waals surface area contributed by atoms with E-state index in [4.69, 9.17) is 10.1 Å². The Morgan fingerprint density at radius 2 is 2.04 bits per heavy atom. The predicted octanol–water partition coefficient (Wildman–Crippen LogP) is 3.11. The van der Waals surface area contributed by atoms with Crippen molar-refractivity contribution in [3.63, 3.8) is 0 Å². The molecule has 3 aromatic heterocycles. The summed E-state index contributed by atoms with van der Waals surface area (Å²) < 4.78 is 5.07. The van der Waals surface area contributed by atoms with Gasteiger partial charge in [-0.25, -0.2) is 9.97 Å². The van der Waals surface area contributed by atoms with E-state index in [-0.39, 0.29) is 6.42 Å². The van der Waals surface area contributed by atoms with Crippen molar-refractivity contribution in [2.45, 2.75) is 13.0 Å².